The minimum absolute atomic E-state index is 0.146. The van der Waals surface area contributed by atoms with Crippen LogP contribution < -0.4 is 10.6 Å². The van der Waals surface area contributed by atoms with Gasteiger partial charge in [-0.3, -0.25) is 4.79 Å². The predicted molar refractivity (Wildman–Crippen MR) is 53.4 cm³/mol. The molecule has 1 fully saturated rings. The fourth-order valence-electron chi connectivity index (χ4n) is 1.51. The van der Waals surface area contributed by atoms with Gasteiger partial charge >= 0.3 is 0 Å². The Bertz CT molecular complexity index is 182. The van der Waals surface area contributed by atoms with E-state index in [-0.39, 0.29) is 11.8 Å². The molecule has 13 heavy (non-hydrogen) atoms. The summed E-state index contributed by atoms with van der Waals surface area (Å²) in [5.41, 5.74) is 0. The summed E-state index contributed by atoms with van der Waals surface area (Å²) in [6.45, 7) is 8.12. The Balaban J connectivity index is 2.35. The molecule has 0 aliphatic carbocycles. The van der Waals surface area contributed by atoms with Gasteiger partial charge in [-0.2, -0.15) is 0 Å². The van der Waals surface area contributed by atoms with Gasteiger partial charge in [0.1, 0.15) is 0 Å². The van der Waals surface area contributed by atoms with Crippen molar-refractivity contribution in [3.8, 4) is 0 Å². The highest BCUT2D eigenvalue weighted by atomic mass is 16.1. The molecular formula is C10H20N2O. The van der Waals surface area contributed by atoms with Crippen molar-refractivity contribution in [1.82, 2.24) is 10.6 Å². The van der Waals surface area contributed by atoms with Crippen molar-refractivity contribution >= 4 is 5.91 Å². The van der Waals surface area contributed by atoms with Crippen LogP contribution in [0.15, 0.2) is 0 Å². The van der Waals surface area contributed by atoms with Crippen LogP contribution in [0.5, 0.6) is 0 Å². The second-order valence-electron chi connectivity index (χ2n) is 4.06. The third kappa shape index (κ3) is 2.69. The number of hydrogen-bond donors (Lipinski definition) is 2. The number of carbonyl (C=O) groups excluding carboxylic acids is 1. The molecule has 2 N–H and O–H groups in total. The Kier molecular flexibility index (Phi) is 3.72. The molecule has 0 radical (unpaired) electrons. The summed E-state index contributed by atoms with van der Waals surface area (Å²) in [7, 11) is 0. The summed E-state index contributed by atoms with van der Waals surface area (Å²) in [6.07, 6.45) is 0.917. The van der Waals surface area contributed by atoms with Crippen molar-refractivity contribution in [3.05, 3.63) is 0 Å². The highest BCUT2D eigenvalue weighted by Gasteiger charge is 2.25. The minimum atomic E-state index is 0.146. The average molecular weight is 184 g/mol. The molecule has 0 saturated carbocycles. The van der Waals surface area contributed by atoms with Crippen molar-refractivity contribution < 1.29 is 4.79 Å². The summed E-state index contributed by atoms with van der Waals surface area (Å²) in [5.74, 6) is 0.906. The van der Waals surface area contributed by atoms with E-state index in [0.717, 1.165) is 19.5 Å². The van der Waals surface area contributed by atoms with Crippen LogP contribution in [-0.2, 0) is 4.79 Å². The SMILES string of the molecule is CCC(C)C(=O)NC1CNCC1C. The number of nitrogens with one attached hydrogen (secondary N) is 2. The fourth-order valence-corrected chi connectivity index (χ4v) is 1.51. The van der Waals surface area contributed by atoms with Crippen LogP contribution in [0.4, 0.5) is 0 Å². The quantitative estimate of drug-likeness (QED) is 0.680. The second kappa shape index (κ2) is 4.61. The Hall–Kier alpha value is -0.570. The molecule has 1 saturated heterocycles. The molecule has 1 rings (SSSR count). The summed E-state index contributed by atoms with van der Waals surface area (Å²) in [5, 5.41) is 6.35. The van der Waals surface area contributed by atoms with E-state index in [9.17, 15) is 4.79 Å². The van der Waals surface area contributed by atoms with Gasteiger partial charge in [0.05, 0.1) is 0 Å². The maximum atomic E-state index is 11.5. The smallest absolute Gasteiger partial charge is 0.223 e. The second-order valence-corrected chi connectivity index (χ2v) is 4.06. The van der Waals surface area contributed by atoms with Gasteiger partial charge in [-0.25, -0.2) is 0 Å². The topological polar surface area (TPSA) is 41.1 Å². The van der Waals surface area contributed by atoms with E-state index in [2.05, 4.69) is 17.6 Å². The van der Waals surface area contributed by atoms with Gasteiger partial charge < -0.3 is 10.6 Å². The lowest BCUT2D eigenvalue weighted by Crippen LogP contribution is -2.41. The maximum Gasteiger partial charge on any atom is 0.223 e. The van der Waals surface area contributed by atoms with Gasteiger partial charge in [0, 0.05) is 18.5 Å². The van der Waals surface area contributed by atoms with Crippen LogP contribution in [0.1, 0.15) is 27.2 Å². The van der Waals surface area contributed by atoms with Crippen molar-refractivity contribution in [3.63, 3.8) is 0 Å². The van der Waals surface area contributed by atoms with E-state index in [1.165, 1.54) is 0 Å². The number of carbonyl (C=O) groups is 1. The molecule has 0 spiro atoms. The lowest BCUT2D eigenvalue weighted by Gasteiger charge is -2.18. The first-order chi connectivity index (χ1) is 6.15. The summed E-state index contributed by atoms with van der Waals surface area (Å²) < 4.78 is 0. The van der Waals surface area contributed by atoms with Crippen LogP contribution in [0.25, 0.3) is 0 Å². The zero-order valence-electron chi connectivity index (χ0n) is 8.76. The Morgan fingerprint density at radius 2 is 2.31 bits per heavy atom. The molecule has 0 aromatic heterocycles. The van der Waals surface area contributed by atoms with Crippen LogP contribution >= 0.6 is 0 Å². The third-order valence-electron chi connectivity index (χ3n) is 2.91. The molecule has 0 bridgehead atoms. The molecule has 3 unspecified atom stereocenters. The predicted octanol–water partition coefficient (Wildman–Crippen LogP) is 0.757. The van der Waals surface area contributed by atoms with Gasteiger partial charge in [-0.05, 0) is 18.9 Å². The van der Waals surface area contributed by atoms with Crippen LogP contribution in [0, 0.1) is 11.8 Å². The molecular weight excluding hydrogens is 164 g/mol. The first-order valence-corrected chi connectivity index (χ1v) is 5.16. The van der Waals surface area contributed by atoms with E-state index >= 15 is 0 Å². The van der Waals surface area contributed by atoms with Crippen molar-refractivity contribution in [2.75, 3.05) is 13.1 Å². The molecule has 1 aliphatic heterocycles. The third-order valence-corrected chi connectivity index (χ3v) is 2.91. The first kappa shape index (κ1) is 10.5. The maximum absolute atomic E-state index is 11.5. The molecule has 3 atom stereocenters. The van der Waals surface area contributed by atoms with Gasteiger partial charge in [-0.15, -0.1) is 0 Å². The molecule has 0 aromatic carbocycles. The zero-order valence-corrected chi connectivity index (χ0v) is 8.76. The Morgan fingerprint density at radius 1 is 1.62 bits per heavy atom. The van der Waals surface area contributed by atoms with Gasteiger partial charge in [0.15, 0.2) is 0 Å². The number of hydrogen-bond acceptors (Lipinski definition) is 2. The minimum Gasteiger partial charge on any atom is -0.352 e. The zero-order chi connectivity index (χ0) is 9.84. The summed E-state index contributed by atoms with van der Waals surface area (Å²) >= 11 is 0. The lowest BCUT2D eigenvalue weighted by atomic mass is 10.0. The molecule has 1 aliphatic rings. The Morgan fingerprint density at radius 3 is 2.77 bits per heavy atom. The van der Waals surface area contributed by atoms with Crippen LogP contribution in [0.2, 0.25) is 0 Å². The summed E-state index contributed by atoms with van der Waals surface area (Å²) in [4.78, 5) is 11.5. The van der Waals surface area contributed by atoms with Crippen LogP contribution in [-0.4, -0.2) is 25.0 Å². The number of amides is 1. The molecule has 3 heteroatoms. The van der Waals surface area contributed by atoms with Crippen LogP contribution in [0.3, 0.4) is 0 Å². The van der Waals surface area contributed by atoms with E-state index in [1.807, 2.05) is 13.8 Å². The average Bonchev–Trinajstić information content (AvgIpc) is 2.50. The summed E-state index contributed by atoms with van der Waals surface area (Å²) in [6, 6.07) is 0.335. The molecule has 1 amide bonds. The largest absolute Gasteiger partial charge is 0.352 e. The highest BCUT2D eigenvalue weighted by molar-refractivity contribution is 5.78. The lowest BCUT2D eigenvalue weighted by molar-refractivity contribution is -0.125. The van der Waals surface area contributed by atoms with Crippen molar-refractivity contribution in [1.29, 1.82) is 0 Å². The van der Waals surface area contributed by atoms with E-state index < -0.39 is 0 Å². The van der Waals surface area contributed by atoms with Gasteiger partial charge in [-0.1, -0.05) is 20.8 Å². The standard InChI is InChI=1S/C10H20N2O/c1-4-7(2)10(13)12-9-6-11-5-8(9)3/h7-9,11H,4-6H2,1-3H3,(H,12,13). The highest BCUT2D eigenvalue weighted by Crippen LogP contribution is 2.09. The van der Waals surface area contributed by atoms with Gasteiger partial charge in [0.25, 0.3) is 0 Å². The van der Waals surface area contributed by atoms with E-state index in [0.29, 0.717) is 12.0 Å². The molecule has 76 valence electrons. The number of rotatable bonds is 3. The monoisotopic (exact) mass is 184 g/mol. The van der Waals surface area contributed by atoms with Gasteiger partial charge in [0.2, 0.25) is 5.91 Å². The Labute approximate surface area is 80.3 Å². The molecule has 0 aromatic rings. The van der Waals surface area contributed by atoms with E-state index in [4.69, 9.17) is 0 Å². The fraction of sp³-hybridized carbons (Fsp3) is 0.900. The van der Waals surface area contributed by atoms with Crippen molar-refractivity contribution in [2.45, 2.75) is 33.2 Å². The normalized spacial score (nSPS) is 30.1. The molecule has 1 heterocycles. The molecule has 3 nitrogen and oxygen atoms in total. The van der Waals surface area contributed by atoms with Crippen molar-refractivity contribution in [2.24, 2.45) is 11.8 Å². The van der Waals surface area contributed by atoms with E-state index in [1.54, 1.807) is 0 Å². The first-order valence-electron chi connectivity index (χ1n) is 5.16.